The molecule has 0 unspecified atom stereocenters. The number of hydrogen-bond acceptors (Lipinski definition) is 4. The van der Waals surface area contributed by atoms with Crippen LogP contribution in [0.15, 0.2) is 65.7 Å². The minimum absolute atomic E-state index is 0.118. The fraction of sp³-hybridized carbons (Fsp3) is 0.136. The van der Waals surface area contributed by atoms with E-state index in [1.165, 1.54) is 12.1 Å². The van der Waals surface area contributed by atoms with E-state index in [0.29, 0.717) is 29.3 Å². The summed E-state index contributed by atoms with van der Waals surface area (Å²) in [6.45, 7) is 4.41. The highest BCUT2D eigenvalue weighted by Gasteiger charge is 2.12. The van der Waals surface area contributed by atoms with E-state index in [9.17, 15) is 9.18 Å². The summed E-state index contributed by atoms with van der Waals surface area (Å²) in [5.74, 6) is 0.966. The van der Waals surface area contributed by atoms with Gasteiger partial charge >= 0.3 is 0 Å². The number of nitrogens with zero attached hydrogens (tertiary/aromatic N) is 3. The Kier molecular flexibility index (Phi) is 4.61. The molecule has 4 aromatic rings. The normalized spacial score (nSPS) is 11.0. The van der Waals surface area contributed by atoms with E-state index in [1.54, 1.807) is 35.2 Å². The molecule has 3 aromatic heterocycles. The molecule has 0 aliphatic rings. The van der Waals surface area contributed by atoms with E-state index in [2.05, 4.69) is 15.3 Å². The molecule has 28 heavy (non-hydrogen) atoms. The van der Waals surface area contributed by atoms with Crippen molar-refractivity contribution < 1.29 is 4.39 Å². The topological polar surface area (TPSA) is 59.8 Å². The number of benzene rings is 1. The van der Waals surface area contributed by atoms with Gasteiger partial charge in [-0.05, 0) is 49.2 Å². The Balaban J connectivity index is 1.81. The highest BCUT2D eigenvalue weighted by atomic mass is 19.1. The van der Waals surface area contributed by atoms with Crippen LogP contribution in [-0.2, 0) is 6.54 Å². The van der Waals surface area contributed by atoms with Crippen LogP contribution in [-0.4, -0.2) is 14.5 Å². The lowest BCUT2D eigenvalue weighted by Gasteiger charge is -2.13. The summed E-state index contributed by atoms with van der Waals surface area (Å²) < 4.78 is 14.9. The number of anilines is 2. The number of halogens is 1. The lowest BCUT2D eigenvalue weighted by atomic mass is 10.1. The molecule has 0 bridgehead atoms. The molecule has 0 aliphatic carbocycles. The van der Waals surface area contributed by atoms with Crippen molar-refractivity contribution in [1.29, 1.82) is 0 Å². The molecule has 5 nitrogen and oxygen atoms in total. The first kappa shape index (κ1) is 17.9. The van der Waals surface area contributed by atoms with Gasteiger partial charge in [0.1, 0.15) is 17.5 Å². The molecule has 1 aromatic carbocycles. The maximum Gasteiger partial charge on any atom is 0.258 e. The van der Waals surface area contributed by atoms with Crippen molar-refractivity contribution >= 4 is 22.5 Å². The van der Waals surface area contributed by atoms with Crippen molar-refractivity contribution in [1.82, 2.24) is 14.5 Å². The zero-order chi connectivity index (χ0) is 19.7. The summed E-state index contributed by atoms with van der Waals surface area (Å²) >= 11 is 0. The number of nitrogens with one attached hydrogen (secondary N) is 1. The van der Waals surface area contributed by atoms with Gasteiger partial charge in [0.15, 0.2) is 0 Å². The van der Waals surface area contributed by atoms with Crippen molar-refractivity contribution in [3.05, 3.63) is 82.7 Å². The van der Waals surface area contributed by atoms with Gasteiger partial charge in [-0.3, -0.25) is 4.79 Å². The standard InChI is InChI=1S/C22H19FN4O/c1-3-27-19-11-21(26-20-9-4-14(2)12-24-20)25-13-16(19)10-18(22(27)28)15-5-7-17(23)8-6-15/h4-13H,3H2,1-2H3,(H,24,25,26). The van der Waals surface area contributed by atoms with Crippen molar-refractivity contribution in [3.63, 3.8) is 0 Å². The van der Waals surface area contributed by atoms with Crippen molar-refractivity contribution in [2.75, 3.05) is 5.32 Å². The van der Waals surface area contributed by atoms with Crippen LogP contribution in [0.5, 0.6) is 0 Å². The summed E-state index contributed by atoms with van der Waals surface area (Å²) in [6, 6.07) is 13.4. The Morgan fingerprint density at radius 3 is 2.43 bits per heavy atom. The largest absolute Gasteiger partial charge is 0.325 e. The molecule has 0 fully saturated rings. The molecule has 6 heteroatoms. The van der Waals surface area contributed by atoms with E-state index in [0.717, 1.165) is 16.5 Å². The second-order valence-electron chi connectivity index (χ2n) is 6.59. The molecular formula is C22H19FN4O. The van der Waals surface area contributed by atoms with Crippen LogP contribution in [0.1, 0.15) is 12.5 Å². The summed E-state index contributed by atoms with van der Waals surface area (Å²) in [4.78, 5) is 21.8. The van der Waals surface area contributed by atoms with Crippen LogP contribution in [0, 0.1) is 12.7 Å². The van der Waals surface area contributed by atoms with Gasteiger partial charge in [0, 0.05) is 36.0 Å². The van der Waals surface area contributed by atoms with Gasteiger partial charge in [0.05, 0.1) is 5.52 Å². The van der Waals surface area contributed by atoms with Crippen LogP contribution < -0.4 is 10.9 Å². The predicted molar refractivity (Wildman–Crippen MR) is 109 cm³/mol. The molecule has 0 saturated carbocycles. The van der Waals surface area contributed by atoms with Crippen molar-refractivity contribution in [2.24, 2.45) is 0 Å². The van der Waals surface area contributed by atoms with E-state index in [4.69, 9.17) is 0 Å². The fourth-order valence-electron chi connectivity index (χ4n) is 3.16. The average molecular weight is 374 g/mol. The molecule has 0 amide bonds. The monoisotopic (exact) mass is 374 g/mol. The summed E-state index contributed by atoms with van der Waals surface area (Å²) in [5, 5.41) is 4.00. The fourth-order valence-corrected chi connectivity index (χ4v) is 3.16. The first-order valence-electron chi connectivity index (χ1n) is 9.04. The Morgan fingerprint density at radius 2 is 1.75 bits per heavy atom. The zero-order valence-electron chi connectivity index (χ0n) is 15.6. The third kappa shape index (κ3) is 3.36. The van der Waals surface area contributed by atoms with Gasteiger partial charge in [-0.15, -0.1) is 0 Å². The number of aromatic nitrogens is 3. The SMILES string of the molecule is CCn1c(=O)c(-c2ccc(F)cc2)cc2cnc(Nc3ccc(C)cn3)cc21. The Morgan fingerprint density at radius 1 is 1.00 bits per heavy atom. The molecular weight excluding hydrogens is 355 g/mol. The van der Waals surface area contributed by atoms with Gasteiger partial charge in [-0.1, -0.05) is 18.2 Å². The van der Waals surface area contributed by atoms with Gasteiger partial charge in [0.2, 0.25) is 0 Å². The Hall–Kier alpha value is -3.54. The summed E-state index contributed by atoms with van der Waals surface area (Å²) in [7, 11) is 0. The van der Waals surface area contributed by atoms with Gasteiger partial charge < -0.3 is 9.88 Å². The Labute approximate surface area is 161 Å². The maximum atomic E-state index is 13.2. The first-order chi connectivity index (χ1) is 13.5. The second kappa shape index (κ2) is 7.23. The first-order valence-corrected chi connectivity index (χ1v) is 9.04. The molecule has 0 saturated heterocycles. The maximum absolute atomic E-state index is 13.2. The minimum Gasteiger partial charge on any atom is -0.325 e. The predicted octanol–water partition coefficient (Wildman–Crippen LogP) is 4.67. The number of aryl methyl sites for hydroxylation is 2. The van der Waals surface area contributed by atoms with Gasteiger partial charge in [-0.2, -0.15) is 0 Å². The Bertz CT molecular complexity index is 1200. The van der Waals surface area contributed by atoms with Crippen molar-refractivity contribution in [3.8, 4) is 11.1 Å². The molecule has 4 rings (SSSR count). The van der Waals surface area contributed by atoms with Gasteiger partial charge in [0.25, 0.3) is 5.56 Å². The van der Waals surface area contributed by atoms with Crippen LogP contribution in [0.25, 0.3) is 22.0 Å². The quantitative estimate of drug-likeness (QED) is 0.564. The summed E-state index contributed by atoms with van der Waals surface area (Å²) in [6.07, 6.45) is 3.50. The van der Waals surface area contributed by atoms with E-state index < -0.39 is 0 Å². The second-order valence-corrected chi connectivity index (χ2v) is 6.59. The third-order valence-corrected chi connectivity index (χ3v) is 4.62. The van der Waals surface area contributed by atoms with Crippen LogP contribution in [0.2, 0.25) is 0 Å². The van der Waals surface area contributed by atoms with E-state index in [-0.39, 0.29) is 11.4 Å². The number of hydrogen-bond donors (Lipinski definition) is 1. The third-order valence-electron chi connectivity index (χ3n) is 4.62. The molecule has 0 spiro atoms. The minimum atomic E-state index is -0.331. The molecule has 3 heterocycles. The number of fused-ring (bicyclic) bond motifs is 1. The lowest BCUT2D eigenvalue weighted by Crippen LogP contribution is -2.21. The number of pyridine rings is 3. The zero-order valence-corrected chi connectivity index (χ0v) is 15.6. The van der Waals surface area contributed by atoms with Crippen molar-refractivity contribution in [2.45, 2.75) is 20.4 Å². The van der Waals surface area contributed by atoms with E-state index in [1.807, 2.05) is 32.0 Å². The highest BCUT2D eigenvalue weighted by molar-refractivity contribution is 5.85. The molecule has 0 radical (unpaired) electrons. The lowest BCUT2D eigenvalue weighted by molar-refractivity contribution is 0.628. The average Bonchev–Trinajstić information content (AvgIpc) is 2.70. The number of rotatable bonds is 4. The molecule has 0 aliphatic heterocycles. The highest BCUT2D eigenvalue weighted by Crippen LogP contribution is 2.23. The van der Waals surface area contributed by atoms with Crippen LogP contribution >= 0.6 is 0 Å². The van der Waals surface area contributed by atoms with Crippen LogP contribution in [0.4, 0.5) is 16.0 Å². The smallest absolute Gasteiger partial charge is 0.258 e. The molecule has 140 valence electrons. The molecule has 0 atom stereocenters. The summed E-state index contributed by atoms with van der Waals surface area (Å²) in [5.41, 5.74) is 2.94. The van der Waals surface area contributed by atoms with E-state index >= 15 is 0 Å². The molecule has 1 N–H and O–H groups in total. The van der Waals surface area contributed by atoms with Gasteiger partial charge in [-0.25, -0.2) is 14.4 Å². The van der Waals surface area contributed by atoms with Crippen LogP contribution in [0.3, 0.4) is 0 Å².